The molecule has 0 heterocycles. The second kappa shape index (κ2) is 3.13. The topological polar surface area (TPSA) is 35.2 Å². The Balaban J connectivity index is 3.21. The largest absolute Gasteiger partial charge is 0.495 e. The van der Waals surface area contributed by atoms with Gasteiger partial charge in [0.2, 0.25) is 0 Å². The van der Waals surface area contributed by atoms with Gasteiger partial charge in [0.1, 0.15) is 5.75 Å². The first-order valence-electron chi connectivity index (χ1n) is 3.24. The van der Waals surface area contributed by atoms with E-state index in [0.717, 1.165) is 15.8 Å². The SMILES string of the molecule is COc1cc(C)c(Br)cc1N. The van der Waals surface area contributed by atoms with Gasteiger partial charge in [0.05, 0.1) is 12.8 Å². The Kier molecular flexibility index (Phi) is 2.39. The van der Waals surface area contributed by atoms with E-state index in [0.29, 0.717) is 5.69 Å². The predicted molar refractivity (Wildman–Crippen MR) is 49.8 cm³/mol. The van der Waals surface area contributed by atoms with Gasteiger partial charge in [-0.3, -0.25) is 0 Å². The molecule has 0 aliphatic heterocycles. The summed E-state index contributed by atoms with van der Waals surface area (Å²) in [6.07, 6.45) is 0. The number of ether oxygens (including phenoxy) is 1. The standard InChI is InChI=1S/C8H10BrNO/c1-5-3-8(11-2)7(10)4-6(5)9/h3-4H,10H2,1-2H3. The smallest absolute Gasteiger partial charge is 0.142 e. The molecule has 11 heavy (non-hydrogen) atoms. The first-order valence-corrected chi connectivity index (χ1v) is 4.04. The summed E-state index contributed by atoms with van der Waals surface area (Å²) in [7, 11) is 1.61. The maximum Gasteiger partial charge on any atom is 0.142 e. The van der Waals surface area contributed by atoms with Crippen molar-refractivity contribution in [2.75, 3.05) is 12.8 Å². The van der Waals surface area contributed by atoms with Gasteiger partial charge in [-0.1, -0.05) is 15.9 Å². The molecule has 0 aliphatic carbocycles. The summed E-state index contributed by atoms with van der Waals surface area (Å²) < 4.78 is 6.04. The third-order valence-electron chi connectivity index (χ3n) is 1.51. The third-order valence-corrected chi connectivity index (χ3v) is 2.37. The van der Waals surface area contributed by atoms with Crippen LogP contribution in [0.3, 0.4) is 0 Å². The number of aryl methyl sites for hydroxylation is 1. The van der Waals surface area contributed by atoms with E-state index in [2.05, 4.69) is 15.9 Å². The van der Waals surface area contributed by atoms with Crippen LogP contribution in [-0.4, -0.2) is 7.11 Å². The molecule has 0 spiro atoms. The fourth-order valence-corrected chi connectivity index (χ4v) is 1.21. The van der Waals surface area contributed by atoms with Crippen molar-refractivity contribution >= 4 is 21.6 Å². The Morgan fingerprint density at radius 2 is 2.09 bits per heavy atom. The van der Waals surface area contributed by atoms with Crippen LogP contribution in [0.2, 0.25) is 0 Å². The van der Waals surface area contributed by atoms with Crippen molar-refractivity contribution in [1.29, 1.82) is 0 Å². The molecule has 0 aromatic heterocycles. The van der Waals surface area contributed by atoms with Crippen LogP contribution < -0.4 is 10.5 Å². The van der Waals surface area contributed by atoms with E-state index >= 15 is 0 Å². The second-order valence-corrected chi connectivity index (χ2v) is 3.20. The summed E-state index contributed by atoms with van der Waals surface area (Å²) in [6, 6.07) is 3.74. The van der Waals surface area contributed by atoms with Crippen LogP contribution in [0, 0.1) is 6.92 Å². The summed E-state index contributed by atoms with van der Waals surface area (Å²) in [5.74, 6) is 0.728. The van der Waals surface area contributed by atoms with E-state index < -0.39 is 0 Å². The van der Waals surface area contributed by atoms with E-state index in [4.69, 9.17) is 10.5 Å². The van der Waals surface area contributed by atoms with Crippen molar-refractivity contribution < 1.29 is 4.74 Å². The number of anilines is 1. The van der Waals surface area contributed by atoms with Gasteiger partial charge in [0.15, 0.2) is 0 Å². The quantitative estimate of drug-likeness (QED) is 0.731. The van der Waals surface area contributed by atoms with Crippen LogP contribution in [0.25, 0.3) is 0 Å². The van der Waals surface area contributed by atoms with E-state index in [9.17, 15) is 0 Å². The van der Waals surface area contributed by atoms with Crippen LogP contribution in [0.4, 0.5) is 5.69 Å². The molecule has 2 nitrogen and oxygen atoms in total. The van der Waals surface area contributed by atoms with Gasteiger partial charge < -0.3 is 10.5 Å². The number of methoxy groups -OCH3 is 1. The number of benzene rings is 1. The van der Waals surface area contributed by atoms with Crippen LogP contribution in [-0.2, 0) is 0 Å². The molecule has 3 heteroatoms. The highest BCUT2D eigenvalue weighted by atomic mass is 79.9. The average molecular weight is 216 g/mol. The van der Waals surface area contributed by atoms with Gasteiger partial charge in [-0.2, -0.15) is 0 Å². The molecule has 0 saturated carbocycles. The summed E-state index contributed by atoms with van der Waals surface area (Å²) in [6.45, 7) is 1.99. The van der Waals surface area contributed by atoms with Crippen molar-refractivity contribution in [3.63, 3.8) is 0 Å². The summed E-state index contributed by atoms with van der Waals surface area (Å²) in [5, 5.41) is 0. The number of nitrogen functional groups attached to an aromatic ring is 1. The molecular formula is C8H10BrNO. The molecule has 0 atom stereocenters. The molecule has 0 aliphatic rings. The molecule has 0 radical (unpaired) electrons. The Hall–Kier alpha value is -0.700. The number of hydrogen-bond donors (Lipinski definition) is 1. The molecule has 2 N–H and O–H groups in total. The third kappa shape index (κ3) is 1.66. The zero-order valence-electron chi connectivity index (χ0n) is 6.52. The first-order chi connectivity index (χ1) is 5.15. The average Bonchev–Trinajstić information content (AvgIpc) is 1.97. The zero-order chi connectivity index (χ0) is 8.43. The highest BCUT2D eigenvalue weighted by Gasteiger charge is 2.01. The molecule has 0 saturated heterocycles. The minimum Gasteiger partial charge on any atom is -0.495 e. The molecular weight excluding hydrogens is 206 g/mol. The van der Waals surface area contributed by atoms with Crippen molar-refractivity contribution in [3.8, 4) is 5.75 Å². The lowest BCUT2D eigenvalue weighted by Crippen LogP contribution is -1.93. The number of hydrogen-bond acceptors (Lipinski definition) is 2. The Bertz CT molecular complexity index is 273. The Morgan fingerprint density at radius 1 is 1.45 bits per heavy atom. The molecule has 1 aromatic rings. The fourth-order valence-electron chi connectivity index (χ4n) is 0.847. The lowest BCUT2D eigenvalue weighted by Gasteiger charge is -2.06. The van der Waals surface area contributed by atoms with Crippen LogP contribution in [0.5, 0.6) is 5.75 Å². The van der Waals surface area contributed by atoms with E-state index in [1.165, 1.54) is 0 Å². The number of nitrogens with two attached hydrogens (primary N) is 1. The summed E-state index contributed by atoms with van der Waals surface area (Å²) in [5.41, 5.74) is 7.42. The predicted octanol–water partition coefficient (Wildman–Crippen LogP) is 2.35. The van der Waals surface area contributed by atoms with Gasteiger partial charge in [-0.05, 0) is 24.6 Å². The lowest BCUT2D eigenvalue weighted by atomic mass is 10.2. The highest BCUT2D eigenvalue weighted by molar-refractivity contribution is 9.10. The van der Waals surface area contributed by atoms with Crippen LogP contribution in [0.1, 0.15) is 5.56 Å². The molecule has 0 unspecified atom stereocenters. The number of rotatable bonds is 1. The Morgan fingerprint density at radius 3 is 2.64 bits per heavy atom. The maximum absolute atomic E-state index is 5.65. The van der Waals surface area contributed by atoms with Gasteiger partial charge in [-0.15, -0.1) is 0 Å². The van der Waals surface area contributed by atoms with Crippen molar-refractivity contribution in [3.05, 3.63) is 22.2 Å². The van der Waals surface area contributed by atoms with Gasteiger partial charge in [0, 0.05) is 4.47 Å². The van der Waals surface area contributed by atoms with E-state index in [-0.39, 0.29) is 0 Å². The van der Waals surface area contributed by atoms with E-state index in [1.807, 2.05) is 19.1 Å². The minimum atomic E-state index is 0.657. The lowest BCUT2D eigenvalue weighted by molar-refractivity contribution is 0.416. The molecule has 60 valence electrons. The minimum absolute atomic E-state index is 0.657. The van der Waals surface area contributed by atoms with Crippen molar-refractivity contribution in [2.24, 2.45) is 0 Å². The van der Waals surface area contributed by atoms with Crippen LogP contribution >= 0.6 is 15.9 Å². The van der Waals surface area contributed by atoms with Gasteiger partial charge >= 0.3 is 0 Å². The van der Waals surface area contributed by atoms with Crippen molar-refractivity contribution in [1.82, 2.24) is 0 Å². The summed E-state index contributed by atoms with van der Waals surface area (Å²) in [4.78, 5) is 0. The Labute approximate surface area is 74.5 Å². The molecule has 0 amide bonds. The molecule has 1 aromatic carbocycles. The highest BCUT2D eigenvalue weighted by Crippen LogP contribution is 2.28. The maximum atomic E-state index is 5.65. The van der Waals surface area contributed by atoms with Gasteiger partial charge in [0.25, 0.3) is 0 Å². The van der Waals surface area contributed by atoms with Crippen LogP contribution in [0.15, 0.2) is 16.6 Å². The van der Waals surface area contributed by atoms with E-state index in [1.54, 1.807) is 7.11 Å². The first kappa shape index (κ1) is 8.40. The number of halogens is 1. The normalized spacial score (nSPS) is 9.73. The monoisotopic (exact) mass is 215 g/mol. The fraction of sp³-hybridized carbons (Fsp3) is 0.250. The van der Waals surface area contributed by atoms with Crippen molar-refractivity contribution in [2.45, 2.75) is 6.92 Å². The zero-order valence-corrected chi connectivity index (χ0v) is 8.10. The molecule has 0 fully saturated rings. The molecule has 1 rings (SSSR count). The second-order valence-electron chi connectivity index (χ2n) is 2.34. The van der Waals surface area contributed by atoms with Gasteiger partial charge in [-0.25, -0.2) is 0 Å². The molecule has 0 bridgehead atoms. The summed E-state index contributed by atoms with van der Waals surface area (Å²) >= 11 is 3.37.